The number of carbonyl (C=O) groups excluding carboxylic acids is 1. The van der Waals surface area contributed by atoms with Crippen LogP contribution in [0, 0.1) is 23.7 Å². The summed E-state index contributed by atoms with van der Waals surface area (Å²) in [5, 5.41) is 3.49. The van der Waals surface area contributed by atoms with Crippen molar-refractivity contribution in [3.05, 3.63) is 23.3 Å². The average Bonchev–Trinajstić information content (AvgIpc) is 3.37. The molecular formula is C23H31N3O. The topological polar surface area (TPSA) is 54.9 Å². The maximum Gasteiger partial charge on any atom is 0.254 e. The van der Waals surface area contributed by atoms with Gasteiger partial charge in [0.05, 0.1) is 11.3 Å². The second kappa shape index (κ2) is 6.28. The Hall–Kier alpha value is -1.45. The Morgan fingerprint density at radius 3 is 2.19 bits per heavy atom. The monoisotopic (exact) mass is 365 g/mol. The van der Waals surface area contributed by atoms with Crippen molar-refractivity contribution in [1.29, 1.82) is 0 Å². The number of nitrogens with zero attached hydrogens (tertiary/aromatic N) is 2. The van der Waals surface area contributed by atoms with Gasteiger partial charge in [-0.15, -0.1) is 0 Å². The van der Waals surface area contributed by atoms with Gasteiger partial charge < -0.3 is 5.32 Å². The first-order valence-corrected chi connectivity index (χ1v) is 11.4. The van der Waals surface area contributed by atoms with E-state index in [1.807, 2.05) is 6.20 Å². The molecule has 1 aromatic heterocycles. The number of hydrogen-bond acceptors (Lipinski definition) is 3. The summed E-state index contributed by atoms with van der Waals surface area (Å²) in [6.07, 6.45) is 16.0. The molecule has 0 spiro atoms. The average molecular weight is 366 g/mol. The van der Waals surface area contributed by atoms with Crippen LogP contribution in [0.15, 0.2) is 6.20 Å². The number of aromatic nitrogens is 2. The zero-order valence-corrected chi connectivity index (χ0v) is 16.2. The summed E-state index contributed by atoms with van der Waals surface area (Å²) in [7, 11) is 0. The molecule has 144 valence electrons. The van der Waals surface area contributed by atoms with E-state index in [9.17, 15) is 4.79 Å². The van der Waals surface area contributed by atoms with E-state index in [1.165, 1.54) is 70.6 Å². The van der Waals surface area contributed by atoms with Crippen molar-refractivity contribution < 1.29 is 4.79 Å². The van der Waals surface area contributed by atoms with Crippen molar-refractivity contribution in [3.8, 4) is 0 Å². The molecule has 0 atom stereocenters. The third-order valence-corrected chi connectivity index (χ3v) is 8.29. The molecule has 4 heteroatoms. The summed E-state index contributed by atoms with van der Waals surface area (Å²) in [6, 6.07) is 0.393. The molecule has 0 saturated heterocycles. The van der Waals surface area contributed by atoms with Crippen LogP contribution in [0.4, 0.5) is 0 Å². The summed E-state index contributed by atoms with van der Waals surface area (Å²) in [5.74, 6) is 5.42. The van der Waals surface area contributed by atoms with Gasteiger partial charge in [-0.2, -0.15) is 0 Å². The van der Waals surface area contributed by atoms with E-state index in [4.69, 9.17) is 4.98 Å². The highest BCUT2D eigenvalue weighted by molar-refractivity contribution is 5.95. The second-order valence-corrected chi connectivity index (χ2v) is 10.2. The van der Waals surface area contributed by atoms with E-state index in [-0.39, 0.29) is 5.91 Å². The lowest BCUT2D eigenvalue weighted by Gasteiger charge is -2.54. The minimum atomic E-state index is 0.108. The normalized spacial score (nSPS) is 37.7. The molecule has 6 aliphatic carbocycles. The van der Waals surface area contributed by atoms with E-state index in [2.05, 4.69) is 10.3 Å². The summed E-state index contributed by atoms with van der Waals surface area (Å²) in [5.41, 5.74) is 1.84. The summed E-state index contributed by atoms with van der Waals surface area (Å²) in [4.78, 5) is 22.9. The quantitative estimate of drug-likeness (QED) is 0.850. The van der Waals surface area contributed by atoms with Crippen molar-refractivity contribution in [2.24, 2.45) is 23.7 Å². The van der Waals surface area contributed by atoms with Gasteiger partial charge in [-0.05, 0) is 81.5 Å². The highest BCUT2D eigenvalue weighted by atomic mass is 16.1. The van der Waals surface area contributed by atoms with Gasteiger partial charge in [-0.3, -0.25) is 4.79 Å². The predicted molar refractivity (Wildman–Crippen MR) is 104 cm³/mol. The Balaban J connectivity index is 1.26. The molecule has 0 aliphatic heterocycles. The predicted octanol–water partition coefficient (Wildman–Crippen LogP) is 4.57. The zero-order chi connectivity index (χ0) is 18.0. The summed E-state index contributed by atoms with van der Waals surface area (Å²) in [6.45, 7) is 0. The maximum atomic E-state index is 13.3. The molecule has 0 unspecified atom stereocenters. The molecule has 0 radical (unpaired) electrons. The third-order valence-electron chi connectivity index (χ3n) is 8.29. The lowest BCUT2D eigenvalue weighted by Crippen LogP contribution is -2.55. The van der Waals surface area contributed by atoms with Crippen LogP contribution in [0.2, 0.25) is 0 Å². The van der Waals surface area contributed by atoms with E-state index in [0.29, 0.717) is 29.7 Å². The largest absolute Gasteiger partial charge is 0.349 e. The number of nitrogens with one attached hydrogen (secondary N) is 1. The fraction of sp³-hybridized carbons (Fsp3) is 0.783. The van der Waals surface area contributed by atoms with E-state index < -0.39 is 0 Å². The van der Waals surface area contributed by atoms with Gasteiger partial charge in [0.25, 0.3) is 5.91 Å². The van der Waals surface area contributed by atoms with Gasteiger partial charge in [-0.25, -0.2) is 9.97 Å². The van der Waals surface area contributed by atoms with Gasteiger partial charge in [0.15, 0.2) is 0 Å². The van der Waals surface area contributed by atoms with E-state index in [0.717, 1.165) is 28.9 Å². The van der Waals surface area contributed by atoms with Gasteiger partial charge in [-0.1, -0.05) is 12.8 Å². The van der Waals surface area contributed by atoms with Gasteiger partial charge in [0.2, 0.25) is 0 Å². The Morgan fingerprint density at radius 1 is 0.889 bits per heavy atom. The minimum absolute atomic E-state index is 0.108. The second-order valence-electron chi connectivity index (χ2n) is 10.2. The van der Waals surface area contributed by atoms with Crippen LogP contribution in [-0.4, -0.2) is 21.9 Å². The first-order chi connectivity index (χ1) is 13.2. The highest BCUT2D eigenvalue weighted by Crippen LogP contribution is 2.53. The first-order valence-electron chi connectivity index (χ1n) is 11.4. The van der Waals surface area contributed by atoms with Crippen LogP contribution in [0.25, 0.3) is 0 Å². The van der Waals surface area contributed by atoms with Crippen molar-refractivity contribution in [1.82, 2.24) is 15.3 Å². The van der Waals surface area contributed by atoms with Gasteiger partial charge >= 0.3 is 0 Å². The van der Waals surface area contributed by atoms with Crippen LogP contribution >= 0.6 is 0 Å². The molecule has 6 saturated carbocycles. The lowest BCUT2D eigenvalue weighted by molar-refractivity contribution is -0.0119. The zero-order valence-electron chi connectivity index (χ0n) is 16.2. The summed E-state index contributed by atoms with van der Waals surface area (Å²) < 4.78 is 0. The van der Waals surface area contributed by atoms with Gasteiger partial charge in [0.1, 0.15) is 5.82 Å². The van der Waals surface area contributed by atoms with Crippen LogP contribution in [-0.2, 0) is 0 Å². The molecule has 0 aromatic carbocycles. The minimum Gasteiger partial charge on any atom is -0.349 e. The molecule has 6 fully saturated rings. The Kier molecular flexibility index (Phi) is 3.84. The lowest BCUT2D eigenvalue weighted by atomic mass is 9.54. The number of hydrogen-bond donors (Lipinski definition) is 1. The van der Waals surface area contributed by atoms with Crippen LogP contribution in [0.1, 0.15) is 104 Å². The molecule has 1 heterocycles. The van der Waals surface area contributed by atoms with Crippen LogP contribution < -0.4 is 5.32 Å². The van der Waals surface area contributed by atoms with Crippen LogP contribution in [0.5, 0.6) is 0 Å². The standard InChI is InChI=1S/C23H31N3O/c27-23(26-20-17-8-13-7-14(10-17)11-18(20)9-13)19-12-24-22(16-5-6-16)25-21(19)15-3-1-2-4-15/h12-18,20H,1-11H2,(H,26,27). The molecular weight excluding hydrogens is 334 g/mol. The molecule has 4 nitrogen and oxygen atoms in total. The number of rotatable bonds is 4. The molecule has 4 bridgehead atoms. The van der Waals surface area contributed by atoms with Crippen LogP contribution in [0.3, 0.4) is 0 Å². The molecule has 27 heavy (non-hydrogen) atoms. The molecule has 7 rings (SSSR count). The molecule has 1 aromatic rings. The number of carbonyl (C=O) groups is 1. The maximum absolute atomic E-state index is 13.3. The Morgan fingerprint density at radius 2 is 1.56 bits per heavy atom. The summed E-state index contributed by atoms with van der Waals surface area (Å²) >= 11 is 0. The molecule has 1 amide bonds. The van der Waals surface area contributed by atoms with E-state index >= 15 is 0 Å². The van der Waals surface area contributed by atoms with Crippen molar-refractivity contribution in [3.63, 3.8) is 0 Å². The fourth-order valence-electron chi connectivity index (χ4n) is 7.02. The van der Waals surface area contributed by atoms with Crippen molar-refractivity contribution >= 4 is 5.91 Å². The SMILES string of the molecule is O=C(NC1C2CC3CC(C2)CC1C3)c1cnc(C2CC2)nc1C1CCCC1. The fourth-order valence-corrected chi connectivity index (χ4v) is 7.02. The third kappa shape index (κ3) is 2.91. The smallest absolute Gasteiger partial charge is 0.254 e. The van der Waals surface area contributed by atoms with E-state index in [1.54, 1.807) is 0 Å². The highest BCUT2D eigenvalue weighted by Gasteiger charge is 2.48. The molecule has 6 aliphatic rings. The Bertz CT molecular complexity index is 722. The number of amides is 1. The van der Waals surface area contributed by atoms with Gasteiger partial charge in [0, 0.05) is 24.1 Å². The van der Waals surface area contributed by atoms with Crippen molar-refractivity contribution in [2.75, 3.05) is 0 Å². The molecule has 1 N–H and O–H groups in total. The first kappa shape index (κ1) is 16.5. The van der Waals surface area contributed by atoms with Crippen molar-refractivity contribution in [2.45, 2.75) is 88.5 Å². The Labute approximate surface area is 161 Å².